The van der Waals surface area contributed by atoms with Crippen molar-refractivity contribution >= 4 is 24.5 Å². The van der Waals surface area contributed by atoms with Crippen molar-refractivity contribution in [2.75, 3.05) is 7.11 Å². The monoisotopic (exact) mass is 502 g/mol. The van der Waals surface area contributed by atoms with E-state index in [1.807, 2.05) is 7.11 Å². The molecular formula is C29H54OSi3. The van der Waals surface area contributed by atoms with Gasteiger partial charge in [-0.2, -0.15) is 0 Å². The first-order valence-corrected chi connectivity index (χ1v) is 20.8. The molecule has 0 aliphatic heterocycles. The van der Waals surface area contributed by atoms with Crippen LogP contribution in [0.4, 0.5) is 0 Å². The van der Waals surface area contributed by atoms with E-state index < -0.39 is 24.5 Å². The predicted octanol–water partition coefficient (Wildman–Crippen LogP) is 10.2. The summed E-state index contributed by atoms with van der Waals surface area (Å²) in [6, 6.07) is 12.0. The summed E-state index contributed by atoms with van der Waals surface area (Å²) in [7, 11) is -2.88. The second kappa shape index (κ2) is 15.9. The second-order valence-electron chi connectivity index (χ2n) is 11.1. The molecule has 0 fully saturated rings. The fourth-order valence-electron chi connectivity index (χ4n) is 5.83. The standard InChI is InChI=1S/C29H54OSi3/c1-11-19-31(20-12-2,21-13-3)25-17-27-33(30-10,29(7,8)9)28-18-26-32(22-14-4,23-15-5)24-16-6/h11-16H,1-6,17-28H2,7-10H3. The molecule has 0 rings (SSSR count). The van der Waals surface area contributed by atoms with Crippen molar-refractivity contribution in [1.29, 1.82) is 0 Å². The number of hydrogen-bond donors (Lipinski definition) is 0. The molecule has 0 N–H and O–H groups in total. The molecule has 0 amide bonds. The van der Waals surface area contributed by atoms with Gasteiger partial charge in [0, 0.05) is 7.11 Å². The molecule has 0 bridgehead atoms. The summed E-state index contributed by atoms with van der Waals surface area (Å²) in [4.78, 5) is 0. The maximum atomic E-state index is 6.54. The van der Waals surface area contributed by atoms with Crippen LogP contribution in [-0.4, -0.2) is 31.6 Å². The highest BCUT2D eigenvalue weighted by molar-refractivity contribution is 6.82. The normalized spacial score (nSPS) is 12.7. The van der Waals surface area contributed by atoms with E-state index in [-0.39, 0.29) is 5.04 Å². The van der Waals surface area contributed by atoms with Gasteiger partial charge >= 0.3 is 0 Å². The first-order chi connectivity index (χ1) is 15.6. The van der Waals surface area contributed by atoms with Gasteiger partial charge in [-0.15, -0.1) is 39.5 Å². The largest absolute Gasteiger partial charge is 0.419 e. The molecule has 0 radical (unpaired) electrons. The molecule has 33 heavy (non-hydrogen) atoms. The highest BCUT2D eigenvalue weighted by atomic mass is 28.4. The molecule has 0 atom stereocenters. The topological polar surface area (TPSA) is 9.23 Å². The number of hydrogen-bond acceptors (Lipinski definition) is 1. The summed E-state index contributed by atoms with van der Waals surface area (Å²) < 4.78 is 6.54. The Kier molecular flexibility index (Phi) is 15.4. The fraction of sp³-hybridized carbons (Fsp3) is 0.586. The van der Waals surface area contributed by atoms with Crippen molar-refractivity contribution in [1.82, 2.24) is 0 Å². The van der Waals surface area contributed by atoms with Crippen LogP contribution in [0.2, 0.25) is 65.5 Å². The minimum absolute atomic E-state index is 0.223. The Labute approximate surface area is 210 Å². The van der Waals surface area contributed by atoms with E-state index in [4.69, 9.17) is 4.43 Å². The predicted molar refractivity (Wildman–Crippen MR) is 162 cm³/mol. The molecule has 0 aliphatic carbocycles. The molecule has 0 heterocycles. The molecule has 0 unspecified atom stereocenters. The summed E-state index contributed by atoms with van der Waals surface area (Å²) >= 11 is 0. The zero-order chi connectivity index (χ0) is 25.4. The molecule has 0 aromatic heterocycles. The van der Waals surface area contributed by atoms with Gasteiger partial charge in [0.15, 0.2) is 8.32 Å². The van der Waals surface area contributed by atoms with Gasteiger partial charge in [-0.25, -0.2) is 0 Å². The van der Waals surface area contributed by atoms with Gasteiger partial charge in [0.05, 0.1) is 16.1 Å². The molecular weight excluding hydrogens is 449 g/mol. The smallest absolute Gasteiger partial charge is 0.197 e. The molecule has 4 heteroatoms. The van der Waals surface area contributed by atoms with E-state index >= 15 is 0 Å². The van der Waals surface area contributed by atoms with Crippen LogP contribution < -0.4 is 0 Å². The third-order valence-electron chi connectivity index (χ3n) is 7.80. The van der Waals surface area contributed by atoms with Gasteiger partial charge in [0.1, 0.15) is 0 Å². The number of rotatable bonds is 21. The maximum Gasteiger partial charge on any atom is 0.197 e. The van der Waals surface area contributed by atoms with Crippen LogP contribution in [0, 0.1) is 0 Å². The summed E-state index contributed by atoms with van der Waals surface area (Å²) in [6.07, 6.45) is 15.3. The molecule has 0 saturated carbocycles. The van der Waals surface area contributed by atoms with Crippen LogP contribution in [0.15, 0.2) is 75.9 Å². The lowest BCUT2D eigenvalue weighted by Crippen LogP contribution is -2.47. The van der Waals surface area contributed by atoms with Gasteiger partial charge in [0.25, 0.3) is 0 Å². The van der Waals surface area contributed by atoms with Crippen LogP contribution in [0.25, 0.3) is 0 Å². The zero-order valence-electron chi connectivity index (χ0n) is 22.6. The third-order valence-corrected chi connectivity index (χ3v) is 23.4. The Bertz CT molecular complexity index is 532. The Hall–Kier alpha value is -0.949. The van der Waals surface area contributed by atoms with Crippen molar-refractivity contribution < 1.29 is 4.43 Å². The first kappa shape index (κ1) is 32.1. The van der Waals surface area contributed by atoms with Crippen molar-refractivity contribution in [3.05, 3.63) is 75.9 Å². The Balaban J connectivity index is 5.56. The highest BCUT2D eigenvalue weighted by Gasteiger charge is 2.45. The lowest BCUT2D eigenvalue weighted by Gasteiger charge is -2.43. The highest BCUT2D eigenvalue weighted by Crippen LogP contribution is 2.46. The number of allylic oxidation sites excluding steroid dienone is 6. The summed E-state index contributed by atoms with van der Waals surface area (Å²) in [5, 5.41) is 0.223. The first-order valence-electron chi connectivity index (χ1n) is 12.8. The van der Waals surface area contributed by atoms with Crippen LogP contribution in [-0.2, 0) is 4.43 Å². The van der Waals surface area contributed by atoms with Crippen molar-refractivity contribution in [2.24, 2.45) is 0 Å². The SMILES string of the molecule is C=CC[Si](CC=C)(CC=C)CCC[Si](CCC[Si](CC=C)(CC=C)CC=C)(OC)C(C)(C)C. The average Bonchev–Trinajstić information content (AvgIpc) is 2.73. The quantitative estimate of drug-likeness (QED) is 0.112. The van der Waals surface area contributed by atoms with Crippen molar-refractivity contribution in [3.63, 3.8) is 0 Å². The summed E-state index contributed by atoms with van der Waals surface area (Å²) in [5.41, 5.74) is 0. The van der Waals surface area contributed by atoms with E-state index in [9.17, 15) is 0 Å². The Morgan fingerprint density at radius 1 is 0.545 bits per heavy atom. The summed E-state index contributed by atoms with van der Waals surface area (Å²) in [6.45, 7) is 31.6. The van der Waals surface area contributed by atoms with E-state index in [1.54, 1.807) is 0 Å². The van der Waals surface area contributed by atoms with Crippen molar-refractivity contribution in [2.45, 2.75) is 99.1 Å². The lowest BCUT2D eigenvalue weighted by molar-refractivity contribution is 0.355. The van der Waals surface area contributed by atoms with Gasteiger partial charge < -0.3 is 4.43 Å². The maximum absolute atomic E-state index is 6.54. The van der Waals surface area contributed by atoms with E-state index in [0.29, 0.717) is 0 Å². The zero-order valence-corrected chi connectivity index (χ0v) is 25.6. The van der Waals surface area contributed by atoms with Gasteiger partial charge in [0.2, 0.25) is 0 Å². The van der Waals surface area contributed by atoms with E-state index in [2.05, 4.69) is 96.7 Å². The molecule has 0 saturated heterocycles. The minimum Gasteiger partial charge on any atom is -0.419 e. The van der Waals surface area contributed by atoms with Gasteiger partial charge in [-0.3, -0.25) is 0 Å². The average molecular weight is 503 g/mol. The van der Waals surface area contributed by atoms with Crippen molar-refractivity contribution in [3.8, 4) is 0 Å². The molecule has 0 aromatic rings. The van der Waals surface area contributed by atoms with Crippen LogP contribution in [0.5, 0.6) is 0 Å². The molecule has 0 spiro atoms. The fourth-order valence-corrected chi connectivity index (χ4v) is 18.6. The van der Waals surface area contributed by atoms with Crippen LogP contribution >= 0.6 is 0 Å². The molecule has 0 aliphatic rings. The molecule has 188 valence electrons. The minimum atomic E-state index is -1.92. The lowest BCUT2D eigenvalue weighted by atomic mass is 10.2. The van der Waals surface area contributed by atoms with Crippen LogP contribution in [0.1, 0.15) is 33.6 Å². The van der Waals surface area contributed by atoms with Gasteiger partial charge in [-0.1, -0.05) is 82.2 Å². The Morgan fingerprint density at radius 3 is 1.00 bits per heavy atom. The Morgan fingerprint density at radius 2 is 0.818 bits per heavy atom. The molecule has 0 aromatic carbocycles. The van der Waals surface area contributed by atoms with E-state index in [0.717, 1.165) is 36.3 Å². The third kappa shape index (κ3) is 10.1. The van der Waals surface area contributed by atoms with Crippen LogP contribution in [0.3, 0.4) is 0 Å². The van der Waals surface area contributed by atoms with Gasteiger partial charge in [-0.05, 0) is 53.4 Å². The van der Waals surface area contributed by atoms with E-state index in [1.165, 1.54) is 37.0 Å². The summed E-state index contributed by atoms with van der Waals surface area (Å²) in [5.74, 6) is 0. The second-order valence-corrected chi connectivity index (χ2v) is 25.5. The molecule has 1 nitrogen and oxygen atoms in total.